The molecule has 0 amide bonds. The highest BCUT2D eigenvalue weighted by atomic mass is 15.1. The van der Waals surface area contributed by atoms with Crippen LogP contribution in [0.15, 0.2) is 24.3 Å². The van der Waals surface area contributed by atoms with Crippen LogP contribution in [0.1, 0.15) is 23.6 Å². The molecule has 2 rings (SSSR count). The molecule has 0 saturated carbocycles. The zero-order chi connectivity index (χ0) is 11.5. The van der Waals surface area contributed by atoms with E-state index in [0.717, 1.165) is 12.5 Å². The fraction of sp³-hybridized carbons (Fsp3) is 0.571. The molecule has 1 heterocycles. The summed E-state index contributed by atoms with van der Waals surface area (Å²) in [5, 5.41) is 3.47. The molecule has 0 spiro atoms. The second-order valence-corrected chi connectivity index (χ2v) is 5.02. The van der Waals surface area contributed by atoms with Crippen LogP contribution in [0.25, 0.3) is 0 Å². The van der Waals surface area contributed by atoms with Gasteiger partial charge >= 0.3 is 0 Å². The van der Waals surface area contributed by atoms with Gasteiger partial charge in [0, 0.05) is 6.04 Å². The lowest BCUT2D eigenvalue weighted by Crippen LogP contribution is -2.29. The number of nitrogens with zero attached hydrogens (tertiary/aromatic N) is 1. The Balaban J connectivity index is 2.28. The summed E-state index contributed by atoms with van der Waals surface area (Å²) < 4.78 is 0. The van der Waals surface area contributed by atoms with E-state index in [1.807, 2.05) is 0 Å². The molecule has 2 atom stereocenters. The average molecular weight is 218 g/mol. The van der Waals surface area contributed by atoms with Gasteiger partial charge in [-0.05, 0) is 57.6 Å². The van der Waals surface area contributed by atoms with Crippen LogP contribution in [-0.4, -0.2) is 32.1 Å². The second-order valence-electron chi connectivity index (χ2n) is 5.02. The minimum Gasteiger partial charge on any atom is -0.316 e. The van der Waals surface area contributed by atoms with Gasteiger partial charge in [0.1, 0.15) is 0 Å². The minimum absolute atomic E-state index is 0.552. The molecule has 88 valence electrons. The van der Waals surface area contributed by atoms with Crippen molar-refractivity contribution in [3.8, 4) is 0 Å². The predicted molar refractivity (Wildman–Crippen MR) is 68.6 cm³/mol. The van der Waals surface area contributed by atoms with Crippen LogP contribution in [0.4, 0.5) is 0 Å². The first-order chi connectivity index (χ1) is 7.70. The second kappa shape index (κ2) is 4.98. The number of rotatable bonds is 3. The summed E-state index contributed by atoms with van der Waals surface area (Å²) in [5.74, 6) is 0.746. The summed E-state index contributed by atoms with van der Waals surface area (Å²) in [7, 11) is 4.38. The molecule has 1 fully saturated rings. The first-order valence-electron chi connectivity index (χ1n) is 6.13. The van der Waals surface area contributed by atoms with Gasteiger partial charge in [0.25, 0.3) is 0 Å². The number of hydrogen-bond donors (Lipinski definition) is 1. The summed E-state index contributed by atoms with van der Waals surface area (Å²) in [6.45, 7) is 4.53. The monoisotopic (exact) mass is 218 g/mol. The van der Waals surface area contributed by atoms with Crippen molar-refractivity contribution in [1.29, 1.82) is 0 Å². The third-order valence-corrected chi connectivity index (χ3v) is 3.61. The SMILES string of the molecule is Cc1ccccc1C(C1CCNC1)N(C)C. The largest absolute Gasteiger partial charge is 0.316 e. The van der Waals surface area contributed by atoms with Crippen LogP contribution in [-0.2, 0) is 0 Å². The first kappa shape index (κ1) is 11.6. The highest BCUT2D eigenvalue weighted by molar-refractivity contribution is 5.29. The molecule has 1 aliphatic heterocycles. The topological polar surface area (TPSA) is 15.3 Å². The van der Waals surface area contributed by atoms with Gasteiger partial charge in [-0.1, -0.05) is 24.3 Å². The lowest BCUT2D eigenvalue weighted by molar-refractivity contribution is 0.222. The number of benzene rings is 1. The van der Waals surface area contributed by atoms with E-state index >= 15 is 0 Å². The van der Waals surface area contributed by atoms with Crippen LogP contribution in [0.5, 0.6) is 0 Å². The van der Waals surface area contributed by atoms with E-state index in [1.54, 1.807) is 0 Å². The Morgan fingerprint density at radius 1 is 1.31 bits per heavy atom. The van der Waals surface area contributed by atoms with Gasteiger partial charge in [-0.2, -0.15) is 0 Å². The normalized spacial score (nSPS) is 22.6. The molecule has 1 aromatic rings. The molecular weight excluding hydrogens is 196 g/mol. The van der Waals surface area contributed by atoms with Crippen molar-refractivity contribution in [2.45, 2.75) is 19.4 Å². The molecule has 0 radical (unpaired) electrons. The molecule has 0 aliphatic carbocycles. The third kappa shape index (κ3) is 2.28. The van der Waals surface area contributed by atoms with Gasteiger partial charge in [0.05, 0.1) is 0 Å². The fourth-order valence-corrected chi connectivity index (χ4v) is 2.82. The third-order valence-electron chi connectivity index (χ3n) is 3.61. The van der Waals surface area contributed by atoms with Crippen molar-refractivity contribution in [3.05, 3.63) is 35.4 Å². The molecule has 2 unspecified atom stereocenters. The number of hydrogen-bond acceptors (Lipinski definition) is 2. The molecule has 0 bridgehead atoms. The van der Waals surface area contributed by atoms with Gasteiger partial charge < -0.3 is 10.2 Å². The van der Waals surface area contributed by atoms with Crippen LogP contribution in [0.3, 0.4) is 0 Å². The Labute approximate surface area is 98.7 Å². The zero-order valence-corrected chi connectivity index (χ0v) is 10.5. The molecule has 2 heteroatoms. The molecule has 1 aromatic carbocycles. The maximum absolute atomic E-state index is 3.47. The fourth-order valence-electron chi connectivity index (χ4n) is 2.82. The summed E-state index contributed by atoms with van der Waals surface area (Å²) >= 11 is 0. The van der Waals surface area contributed by atoms with Gasteiger partial charge in [0.15, 0.2) is 0 Å². The van der Waals surface area contributed by atoms with Gasteiger partial charge in [-0.3, -0.25) is 0 Å². The van der Waals surface area contributed by atoms with Crippen LogP contribution in [0.2, 0.25) is 0 Å². The van der Waals surface area contributed by atoms with Crippen molar-refractivity contribution < 1.29 is 0 Å². The van der Waals surface area contributed by atoms with Crippen molar-refractivity contribution in [1.82, 2.24) is 10.2 Å². The Morgan fingerprint density at radius 3 is 2.62 bits per heavy atom. The summed E-state index contributed by atoms with van der Waals surface area (Å²) in [4.78, 5) is 2.36. The lowest BCUT2D eigenvalue weighted by atomic mass is 9.89. The standard InChI is InChI=1S/C14H22N2/c1-11-6-4-5-7-13(11)14(16(2)3)12-8-9-15-10-12/h4-7,12,14-15H,8-10H2,1-3H3. The van der Waals surface area contributed by atoms with E-state index in [4.69, 9.17) is 0 Å². The highest BCUT2D eigenvalue weighted by Gasteiger charge is 2.28. The molecule has 2 nitrogen and oxygen atoms in total. The quantitative estimate of drug-likeness (QED) is 0.837. The van der Waals surface area contributed by atoms with Crippen molar-refractivity contribution in [2.75, 3.05) is 27.2 Å². The summed E-state index contributed by atoms with van der Waals surface area (Å²) in [6, 6.07) is 9.32. The maximum Gasteiger partial charge on any atom is 0.0385 e. The maximum atomic E-state index is 3.47. The Bertz CT molecular complexity index is 340. The number of aryl methyl sites for hydroxylation is 1. The van der Waals surface area contributed by atoms with Crippen LogP contribution in [0, 0.1) is 12.8 Å². The molecular formula is C14H22N2. The predicted octanol–water partition coefficient (Wildman–Crippen LogP) is 2.21. The Hall–Kier alpha value is -0.860. The molecule has 0 aromatic heterocycles. The van der Waals surface area contributed by atoms with E-state index in [1.165, 1.54) is 24.1 Å². The average Bonchev–Trinajstić information content (AvgIpc) is 2.74. The van der Waals surface area contributed by atoms with E-state index in [0.29, 0.717) is 6.04 Å². The van der Waals surface area contributed by atoms with Crippen molar-refractivity contribution in [2.24, 2.45) is 5.92 Å². The van der Waals surface area contributed by atoms with Gasteiger partial charge in [-0.25, -0.2) is 0 Å². The highest BCUT2D eigenvalue weighted by Crippen LogP contribution is 2.32. The zero-order valence-electron chi connectivity index (χ0n) is 10.5. The van der Waals surface area contributed by atoms with Crippen molar-refractivity contribution in [3.63, 3.8) is 0 Å². The summed E-state index contributed by atoms with van der Waals surface area (Å²) in [5.41, 5.74) is 2.90. The van der Waals surface area contributed by atoms with E-state index in [-0.39, 0.29) is 0 Å². The van der Waals surface area contributed by atoms with Crippen LogP contribution < -0.4 is 5.32 Å². The molecule has 16 heavy (non-hydrogen) atoms. The van der Waals surface area contributed by atoms with Gasteiger partial charge in [-0.15, -0.1) is 0 Å². The Kier molecular flexibility index (Phi) is 3.62. The smallest absolute Gasteiger partial charge is 0.0385 e. The van der Waals surface area contributed by atoms with Gasteiger partial charge in [0.2, 0.25) is 0 Å². The number of nitrogens with one attached hydrogen (secondary N) is 1. The van der Waals surface area contributed by atoms with Crippen LogP contribution >= 0.6 is 0 Å². The molecule has 1 saturated heterocycles. The minimum atomic E-state index is 0.552. The Morgan fingerprint density at radius 2 is 2.06 bits per heavy atom. The van der Waals surface area contributed by atoms with Crippen molar-refractivity contribution >= 4 is 0 Å². The first-order valence-corrected chi connectivity index (χ1v) is 6.13. The molecule has 1 N–H and O–H groups in total. The molecule has 1 aliphatic rings. The van der Waals surface area contributed by atoms with E-state index in [2.05, 4.69) is 55.5 Å². The summed E-state index contributed by atoms with van der Waals surface area (Å²) in [6.07, 6.45) is 1.29. The van der Waals surface area contributed by atoms with E-state index in [9.17, 15) is 0 Å². The van der Waals surface area contributed by atoms with E-state index < -0.39 is 0 Å². The lowest BCUT2D eigenvalue weighted by Gasteiger charge is -2.31.